The fourth-order valence-corrected chi connectivity index (χ4v) is 2.61. The first-order valence-electron chi connectivity index (χ1n) is 4.04. The normalized spacial score (nSPS) is 10.3. The monoisotopic (exact) mass is 222 g/mol. The van der Waals surface area contributed by atoms with Crippen molar-refractivity contribution in [2.75, 3.05) is 5.73 Å². The standard InChI is InChI=1S/C10H7ClN2S/c11-7-3-8-6(1-2-12)5-14-10(8)9(13)4-7/h3-5H,1,13H2. The highest BCUT2D eigenvalue weighted by atomic mass is 35.5. The van der Waals surface area contributed by atoms with Crippen LogP contribution in [0.1, 0.15) is 5.56 Å². The van der Waals surface area contributed by atoms with Crippen molar-refractivity contribution in [1.29, 1.82) is 5.26 Å². The van der Waals surface area contributed by atoms with E-state index in [4.69, 9.17) is 22.6 Å². The Morgan fingerprint density at radius 3 is 3.00 bits per heavy atom. The third-order valence-corrected chi connectivity index (χ3v) is 3.33. The summed E-state index contributed by atoms with van der Waals surface area (Å²) < 4.78 is 1.01. The molecule has 0 saturated heterocycles. The molecule has 2 rings (SSSR count). The third kappa shape index (κ3) is 1.43. The SMILES string of the molecule is N#CCc1csc2c(N)cc(Cl)cc12. The fourth-order valence-electron chi connectivity index (χ4n) is 1.40. The minimum Gasteiger partial charge on any atom is -0.398 e. The number of anilines is 1. The summed E-state index contributed by atoms with van der Waals surface area (Å²) >= 11 is 7.45. The van der Waals surface area contributed by atoms with Crippen molar-refractivity contribution in [3.05, 3.63) is 28.1 Å². The van der Waals surface area contributed by atoms with E-state index < -0.39 is 0 Å². The van der Waals surface area contributed by atoms with Gasteiger partial charge in [-0.05, 0) is 23.1 Å². The molecule has 1 aromatic heterocycles. The highest BCUT2D eigenvalue weighted by Gasteiger charge is 2.07. The molecule has 1 aromatic carbocycles. The van der Waals surface area contributed by atoms with Crippen LogP contribution in [0.5, 0.6) is 0 Å². The Hall–Kier alpha value is -1.24. The Kier molecular flexibility index (Phi) is 2.32. The summed E-state index contributed by atoms with van der Waals surface area (Å²) in [5.41, 5.74) is 7.49. The smallest absolute Gasteiger partial charge is 0.0670 e. The molecule has 0 aliphatic carbocycles. The van der Waals surface area contributed by atoms with Crippen LogP contribution >= 0.6 is 22.9 Å². The summed E-state index contributed by atoms with van der Waals surface area (Å²) in [4.78, 5) is 0. The minimum atomic E-state index is 0.403. The second-order valence-corrected chi connectivity index (χ2v) is 4.28. The Bertz CT molecular complexity index is 525. The first kappa shape index (κ1) is 9.32. The van der Waals surface area contributed by atoms with Gasteiger partial charge < -0.3 is 5.73 Å². The van der Waals surface area contributed by atoms with Gasteiger partial charge in [-0.1, -0.05) is 11.6 Å². The number of nitrogens with two attached hydrogens (primary N) is 1. The van der Waals surface area contributed by atoms with Gasteiger partial charge in [0.1, 0.15) is 0 Å². The van der Waals surface area contributed by atoms with E-state index in [2.05, 4.69) is 6.07 Å². The van der Waals surface area contributed by atoms with Crippen LogP contribution in [0.3, 0.4) is 0 Å². The van der Waals surface area contributed by atoms with Crippen LogP contribution in [0.15, 0.2) is 17.5 Å². The van der Waals surface area contributed by atoms with Gasteiger partial charge in [-0.3, -0.25) is 0 Å². The number of thiophene rings is 1. The lowest BCUT2D eigenvalue weighted by Gasteiger charge is -1.98. The van der Waals surface area contributed by atoms with Crippen LogP contribution in [0, 0.1) is 11.3 Å². The molecule has 2 N–H and O–H groups in total. The van der Waals surface area contributed by atoms with E-state index in [0.29, 0.717) is 17.1 Å². The molecule has 2 aromatic rings. The summed E-state index contributed by atoms with van der Waals surface area (Å²) in [6.07, 6.45) is 0.403. The molecule has 70 valence electrons. The first-order valence-corrected chi connectivity index (χ1v) is 5.30. The van der Waals surface area contributed by atoms with Crippen molar-refractivity contribution in [3.63, 3.8) is 0 Å². The zero-order chi connectivity index (χ0) is 10.1. The molecule has 1 heterocycles. The van der Waals surface area contributed by atoms with Gasteiger partial charge in [-0.15, -0.1) is 11.3 Å². The van der Waals surface area contributed by atoms with E-state index in [-0.39, 0.29) is 0 Å². The topological polar surface area (TPSA) is 49.8 Å². The highest BCUT2D eigenvalue weighted by Crippen LogP contribution is 2.33. The number of nitrogen functional groups attached to an aromatic ring is 1. The number of fused-ring (bicyclic) bond motifs is 1. The Morgan fingerprint density at radius 2 is 2.29 bits per heavy atom. The average Bonchev–Trinajstić information content (AvgIpc) is 2.49. The van der Waals surface area contributed by atoms with Crippen LogP contribution in [0.4, 0.5) is 5.69 Å². The predicted molar refractivity (Wildman–Crippen MR) is 60.6 cm³/mol. The molecule has 0 aliphatic heterocycles. The Balaban J connectivity index is 2.73. The van der Waals surface area contributed by atoms with Crippen LogP contribution in [0.2, 0.25) is 5.02 Å². The number of rotatable bonds is 1. The maximum Gasteiger partial charge on any atom is 0.0670 e. The molecule has 0 atom stereocenters. The third-order valence-electron chi connectivity index (χ3n) is 2.02. The number of hydrogen-bond acceptors (Lipinski definition) is 3. The number of nitrogens with zero attached hydrogens (tertiary/aromatic N) is 1. The van der Waals surface area contributed by atoms with Crippen LogP contribution < -0.4 is 5.73 Å². The van der Waals surface area contributed by atoms with E-state index in [1.165, 1.54) is 0 Å². The summed E-state index contributed by atoms with van der Waals surface area (Å²) in [7, 11) is 0. The Labute approximate surface area is 90.5 Å². The molecule has 0 amide bonds. The lowest BCUT2D eigenvalue weighted by atomic mass is 10.1. The molecule has 0 bridgehead atoms. The number of benzene rings is 1. The van der Waals surface area contributed by atoms with Crippen LogP contribution in [-0.2, 0) is 6.42 Å². The highest BCUT2D eigenvalue weighted by molar-refractivity contribution is 7.18. The average molecular weight is 223 g/mol. The lowest BCUT2D eigenvalue weighted by Crippen LogP contribution is -1.85. The maximum absolute atomic E-state index is 8.63. The van der Waals surface area contributed by atoms with Crippen molar-refractivity contribution < 1.29 is 0 Å². The van der Waals surface area contributed by atoms with Gasteiger partial charge in [0.2, 0.25) is 0 Å². The molecule has 0 radical (unpaired) electrons. The number of nitriles is 1. The van der Waals surface area contributed by atoms with Crippen molar-refractivity contribution in [2.24, 2.45) is 0 Å². The summed E-state index contributed by atoms with van der Waals surface area (Å²) in [6, 6.07) is 5.71. The molecule has 4 heteroatoms. The van der Waals surface area contributed by atoms with Gasteiger partial charge in [-0.25, -0.2) is 0 Å². The molecule has 14 heavy (non-hydrogen) atoms. The summed E-state index contributed by atoms with van der Waals surface area (Å²) in [6.45, 7) is 0. The Morgan fingerprint density at radius 1 is 1.50 bits per heavy atom. The molecule has 0 spiro atoms. The lowest BCUT2D eigenvalue weighted by molar-refractivity contribution is 1.30. The van der Waals surface area contributed by atoms with Crippen LogP contribution in [-0.4, -0.2) is 0 Å². The van der Waals surface area contributed by atoms with E-state index >= 15 is 0 Å². The van der Waals surface area contributed by atoms with E-state index in [0.717, 1.165) is 15.6 Å². The van der Waals surface area contributed by atoms with Gasteiger partial charge in [-0.2, -0.15) is 5.26 Å². The van der Waals surface area contributed by atoms with Crippen molar-refractivity contribution in [3.8, 4) is 6.07 Å². The molecular weight excluding hydrogens is 216 g/mol. The van der Waals surface area contributed by atoms with Gasteiger partial charge >= 0.3 is 0 Å². The summed E-state index contributed by atoms with van der Waals surface area (Å²) in [5.74, 6) is 0. The van der Waals surface area contributed by atoms with Crippen LogP contribution in [0.25, 0.3) is 10.1 Å². The molecular formula is C10H7ClN2S. The zero-order valence-corrected chi connectivity index (χ0v) is 8.82. The van der Waals surface area contributed by atoms with Crippen molar-refractivity contribution >= 4 is 38.7 Å². The molecule has 0 fully saturated rings. The largest absolute Gasteiger partial charge is 0.398 e. The molecule has 0 saturated carbocycles. The maximum atomic E-state index is 8.63. The minimum absolute atomic E-state index is 0.403. The molecule has 0 aliphatic rings. The molecule has 2 nitrogen and oxygen atoms in total. The number of hydrogen-bond donors (Lipinski definition) is 1. The zero-order valence-electron chi connectivity index (χ0n) is 7.25. The van der Waals surface area contributed by atoms with Gasteiger partial charge in [0.15, 0.2) is 0 Å². The fraction of sp³-hybridized carbons (Fsp3) is 0.100. The second-order valence-electron chi connectivity index (χ2n) is 2.97. The van der Waals surface area contributed by atoms with E-state index in [1.54, 1.807) is 17.4 Å². The van der Waals surface area contributed by atoms with Crippen molar-refractivity contribution in [1.82, 2.24) is 0 Å². The van der Waals surface area contributed by atoms with Gasteiger partial charge in [0, 0.05) is 10.4 Å². The van der Waals surface area contributed by atoms with E-state index in [9.17, 15) is 0 Å². The number of halogens is 1. The van der Waals surface area contributed by atoms with E-state index in [1.807, 2.05) is 11.4 Å². The molecule has 0 unspecified atom stereocenters. The van der Waals surface area contributed by atoms with Crippen molar-refractivity contribution in [2.45, 2.75) is 6.42 Å². The second kappa shape index (κ2) is 3.49. The van der Waals surface area contributed by atoms with Gasteiger partial charge in [0.05, 0.1) is 22.9 Å². The summed E-state index contributed by atoms with van der Waals surface area (Å²) in [5, 5.41) is 12.2. The quantitative estimate of drug-likeness (QED) is 0.754. The van der Waals surface area contributed by atoms with Gasteiger partial charge in [0.25, 0.3) is 0 Å². The first-order chi connectivity index (χ1) is 6.72. The predicted octanol–water partition coefficient (Wildman–Crippen LogP) is 3.20.